The molecule has 1 aromatic rings. The van der Waals surface area contributed by atoms with E-state index in [1.165, 1.54) is 24.1 Å². The fraction of sp³-hybridized carbons (Fsp3) is 0.769. The van der Waals surface area contributed by atoms with E-state index in [0.29, 0.717) is 0 Å². The Hall–Kier alpha value is -0.830. The molecule has 1 aromatic heterocycles. The zero-order valence-corrected chi connectivity index (χ0v) is 11.1. The molecule has 0 aliphatic rings. The lowest BCUT2D eigenvalue weighted by Gasteiger charge is -2.13. The molecule has 1 N–H and O–H groups in total. The lowest BCUT2D eigenvalue weighted by Crippen LogP contribution is -2.14. The maximum Gasteiger partial charge on any atom is 0.0537 e. The van der Waals surface area contributed by atoms with Gasteiger partial charge in [-0.3, -0.25) is 4.68 Å². The average molecular weight is 223 g/mol. The van der Waals surface area contributed by atoms with Gasteiger partial charge in [-0.15, -0.1) is 0 Å². The van der Waals surface area contributed by atoms with E-state index in [0.717, 1.165) is 25.6 Å². The molecule has 0 saturated heterocycles. The Balaban J connectivity index is 2.63. The van der Waals surface area contributed by atoms with E-state index in [1.54, 1.807) is 0 Å². The van der Waals surface area contributed by atoms with Gasteiger partial charge in [0.1, 0.15) is 0 Å². The highest BCUT2D eigenvalue weighted by atomic mass is 15.3. The van der Waals surface area contributed by atoms with Crippen molar-refractivity contribution >= 4 is 0 Å². The second-order valence-corrected chi connectivity index (χ2v) is 4.40. The Kier molecular flexibility index (Phi) is 5.53. The van der Waals surface area contributed by atoms with Crippen LogP contribution in [0.5, 0.6) is 0 Å². The molecule has 3 heteroatoms. The van der Waals surface area contributed by atoms with E-state index in [4.69, 9.17) is 0 Å². The Labute approximate surface area is 99.2 Å². The lowest BCUT2D eigenvalue weighted by atomic mass is 10.0. The number of aromatic nitrogens is 2. The zero-order chi connectivity index (χ0) is 12.0. The molecule has 0 radical (unpaired) electrons. The van der Waals surface area contributed by atoms with Crippen LogP contribution in [0.25, 0.3) is 0 Å². The minimum Gasteiger partial charge on any atom is -0.313 e. The molecule has 0 fully saturated rings. The molecule has 0 aromatic carbocycles. The molecule has 3 nitrogen and oxygen atoms in total. The number of nitrogens with zero attached hydrogens (tertiary/aromatic N) is 2. The molecule has 0 atom stereocenters. The Morgan fingerprint density at radius 3 is 2.56 bits per heavy atom. The minimum absolute atomic E-state index is 0.755. The molecule has 1 heterocycles. The summed E-state index contributed by atoms with van der Waals surface area (Å²) in [6, 6.07) is 0. The molecule has 16 heavy (non-hydrogen) atoms. The highest BCUT2D eigenvalue weighted by Gasteiger charge is 2.09. The predicted molar refractivity (Wildman–Crippen MR) is 68.4 cm³/mol. The van der Waals surface area contributed by atoms with Gasteiger partial charge in [-0.25, -0.2) is 0 Å². The van der Waals surface area contributed by atoms with E-state index in [-0.39, 0.29) is 0 Å². The van der Waals surface area contributed by atoms with E-state index >= 15 is 0 Å². The molecule has 0 bridgehead atoms. The van der Waals surface area contributed by atoms with Crippen LogP contribution >= 0.6 is 0 Å². The van der Waals surface area contributed by atoms with E-state index in [2.05, 4.69) is 42.8 Å². The Morgan fingerprint density at radius 1 is 1.31 bits per heavy atom. The summed E-state index contributed by atoms with van der Waals surface area (Å²) in [6.07, 6.45) is 4.47. The fourth-order valence-corrected chi connectivity index (χ4v) is 1.89. The first kappa shape index (κ1) is 13.2. The second kappa shape index (κ2) is 6.69. The summed E-state index contributed by atoms with van der Waals surface area (Å²) in [5.41, 5.74) is 2.64. The summed E-state index contributed by atoms with van der Waals surface area (Å²) < 4.78 is 2.16. The number of hydrogen-bond acceptors (Lipinski definition) is 2. The monoisotopic (exact) mass is 223 g/mol. The lowest BCUT2D eigenvalue weighted by molar-refractivity contribution is 0.391. The van der Waals surface area contributed by atoms with Crippen molar-refractivity contribution in [1.82, 2.24) is 15.1 Å². The zero-order valence-electron chi connectivity index (χ0n) is 11.1. The van der Waals surface area contributed by atoms with Crippen LogP contribution in [-0.4, -0.2) is 16.3 Å². The van der Waals surface area contributed by atoms with Gasteiger partial charge in [0, 0.05) is 24.3 Å². The second-order valence-electron chi connectivity index (χ2n) is 4.40. The fourth-order valence-electron chi connectivity index (χ4n) is 1.89. The third-order valence-electron chi connectivity index (χ3n) is 3.36. The molecule has 0 unspecified atom stereocenters. The topological polar surface area (TPSA) is 29.9 Å². The Morgan fingerprint density at radius 2 is 2.00 bits per heavy atom. The van der Waals surface area contributed by atoms with Crippen molar-refractivity contribution in [3.8, 4) is 0 Å². The van der Waals surface area contributed by atoms with Gasteiger partial charge in [0.05, 0.1) is 6.20 Å². The summed E-state index contributed by atoms with van der Waals surface area (Å²) in [6.45, 7) is 11.8. The van der Waals surface area contributed by atoms with Crippen molar-refractivity contribution in [2.45, 2.75) is 53.6 Å². The molecule has 0 saturated carbocycles. The maximum absolute atomic E-state index is 4.48. The molecule has 0 spiro atoms. The number of rotatable bonds is 7. The van der Waals surface area contributed by atoms with Crippen molar-refractivity contribution in [3.05, 3.63) is 17.5 Å². The van der Waals surface area contributed by atoms with Gasteiger partial charge in [-0.2, -0.15) is 5.10 Å². The highest BCUT2D eigenvalue weighted by Crippen LogP contribution is 2.14. The van der Waals surface area contributed by atoms with Crippen molar-refractivity contribution in [2.75, 3.05) is 6.54 Å². The molecule has 92 valence electrons. The SMILES string of the molecule is CCNCc1cnn(CC(CC)CC)c1C. The number of nitrogens with one attached hydrogen (secondary N) is 1. The van der Waals surface area contributed by atoms with Gasteiger partial charge < -0.3 is 5.32 Å². The molecular weight excluding hydrogens is 198 g/mol. The first-order valence-electron chi connectivity index (χ1n) is 6.44. The van der Waals surface area contributed by atoms with E-state index in [1.807, 2.05) is 6.20 Å². The molecule has 1 rings (SSSR count). The normalized spacial score (nSPS) is 11.3. The van der Waals surface area contributed by atoms with Crippen LogP contribution in [0, 0.1) is 12.8 Å². The molecule has 0 amide bonds. The summed E-state index contributed by atoms with van der Waals surface area (Å²) in [4.78, 5) is 0. The van der Waals surface area contributed by atoms with Gasteiger partial charge >= 0.3 is 0 Å². The first-order chi connectivity index (χ1) is 7.72. The maximum atomic E-state index is 4.48. The first-order valence-corrected chi connectivity index (χ1v) is 6.44. The molecular formula is C13H25N3. The highest BCUT2D eigenvalue weighted by molar-refractivity contribution is 5.15. The quantitative estimate of drug-likeness (QED) is 0.770. The third kappa shape index (κ3) is 3.34. The predicted octanol–water partition coefficient (Wildman–Crippen LogP) is 2.74. The minimum atomic E-state index is 0.755. The Bertz CT molecular complexity index is 300. The van der Waals surface area contributed by atoms with Crippen LogP contribution in [0.3, 0.4) is 0 Å². The van der Waals surface area contributed by atoms with Gasteiger partial charge in [-0.05, 0) is 19.4 Å². The summed E-state index contributed by atoms with van der Waals surface area (Å²) in [5, 5.41) is 7.83. The van der Waals surface area contributed by atoms with Crippen molar-refractivity contribution in [1.29, 1.82) is 0 Å². The molecule has 0 aliphatic carbocycles. The van der Waals surface area contributed by atoms with Crippen LogP contribution in [-0.2, 0) is 13.1 Å². The van der Waals surface area contributed by atoms with Crippen molar-refractivity contribution < 1.29 is 0 Å². The van der Waals surface area contributed by atoms with Crippen LogP contribution in [0.2, 0.25) is 0 Å². The summed E-state index contributed by atoms with van der Waals surface area (Å²) in [5.74, 6) is 0.755. The van der Waals surface area contributed by atoms with Gasteiger partial charge in [0.25, 0.3) is 0 Å². The van der Waals surface area contributed by atoms with E-state index < -0.39 is 0 Å². The smallest absolute Gasteiger partial charge is 0.0537 e. The van der Waals surface area contributed by atoms with Gasteiger partial charge in [0.2, 0.25) is 0 Å². The summed E-state index contributed by atoms with van der Waals surface area (Å²) in [7, 11) is 0. The van der Waals surface area contributed by atoms with Crippen LogP contribution in [0.15, 0.2) is 6.20 Å². The largest absolute Gasteiger partial charge is 0.313 e. The van der Waals surface area contributed by atoms with Crippen LogP contribution < -0.4 is 5.32 Å². The number of hydrogen-bond donors (Lipinski definition) is 1. The van der Waals surface area contributed by atoms with E-state index in [9.17, 15) is 0 Å². The third-order valence-corrected chi connectivity index (χ3v) is 3.36. The van der Waals surface area contributed by atoms with Gasteiger partial charge in [-0.1, -0.05) is 33.6 Å². The van der Waals surface area contributed by atoms with Crippen LogP contribution in [0.1, 0.15) is 44.9 Å². The summed E-state index contributed by atoms with van der Waals surface area (Å²) >= 11 is 0. The average Bonchev–Trinajstić information content (AvgIpc) is 2.65. The van der Waals surface area contributed by atoms with Crippen LogP contribution in [0.4, 0.5) is 0 Å². The van der Waals surface area contributed by atoms with Crippen molar-refractivity contribution in [3.63, 3.8) is 0 Å². The standard InChI is InChI=1S/C13H25N3/c1-5-12(6-2)10-16-11(4)13(9-15-16)8-14-7-3/h9,12,14H,5-8,10H2,1-4H3. The van der Waals surface area contributed by atoms with Gasteiger partial charge in [0.15, 0.2) is 0 Å². The molecule has 0 aliphatic heterocycles. The van der Waals surface area contributed by atoms with Crippen molar-refractivity contribution in [2.24, 2.45) is 5.92 Å².